The van der Waals surface area contributed by atoms with Crippen molar-refractivity contribution in [2.45, 2.75) is 78.2 Å². The molecule has 0 aliphatic heterocycles. The fourth-order valence-corrected chi connectivity index (χ4v) is 5.01. The first-order valence-corrected chi connectivity index (χ1v) is 10.9. The molecule has 0 radical (unpaired) electrons. The smallest absolute Gasteiger partial charge is 0.330 e. The van der Waals surface area contributed by atoms with Crippen LogP contribution in [-0.2, 0) is 11.3 Å². The molecule has 1 aromatic rings. The maximum atomic E-state index is 13.2. The molecule has 28 heavy (non-hydrogen) atoms. The Bertz CT molecular complexity index is 813. The topological polar surface area (TPSA) is 101 Å². The molecule has 2 fully saturated rings. The van der Waals surface area contributed by atoms with Gasteiger partial charge in [-0.05, 0) is 49.9 Å². The van der Waals surface area contributed by atoms with Crippen molar-refractivity contribution in [3.8, 4) is 0 Å². The van der Waals surface area contributed by atoms with Gasteiger partial charge in [0.15, 0.2) is 5.69 Å². The van der Waals surface area contributed by atoms with E-state index in [0.29, 0.717) is 31.3 Å². The maximum absolute atomic E-state index is 13.2. The van der Waals surface area contributed by atoms with Gasteiger partial charge in [0, 0.05) is 19.5 Å². The number of fused-ring (bicyclic) bond motifs is 2. The third kappa shape index (κ3) is 4.18. The van der Waals surface area contributed by atoms with E-state index in [9.17, 15) is 14.4 Å². The van der Waals surface area contributed by atoms with Gasteiger partial charge < -0.3 is 10.6 Å². The van der Waals surface area contributed by atoms with Crippen LogP contribution in [0.1, 0.15) is 71.6 Å². The van der Waals surface area contributed by atoms with Gasteiger partial charge >= 0.3 is 5.69 Å². The number of aromatic nitrogens is 2. The number of nitrogens with one attached hydrogen (secondary N) is 1. The van der Waals surface area contributed by atoms with Crippen molar-refractivity contribution in [2.24, 2.45) is 17.8 Å². The summed E-state index contributed by atoms with van der Waals surface area (Å²) in [6, 6.07) is 0. The number of anilines is 2. The second-order valence-corrected chi connectivity index (χ2v) is 8.54. The number of H-pyrrole nitrogens is 1. The van der Waals surface area contributed by atoms with Gasteiger partial charge in [-0.2, -0.15) is 0 Å². The molecule has 2 aliphatic carbocycles. The summed E-state index contributed by atoms with van der Waals surface area (Å²) in [7, 11) is 0. The first-order chi connectivity index (χ1) is 13.5. The van der Waals surface area contributed by atoms with Crippen LogP contribution >= 0.6 is 0 Å². The van der Waals surface area contributed by atoms with E-state index in [0.717, 1.165) is 38.0 Å². The highest BCUT2D eigenvalue weighted by Crippen LogP contribution is 2.49. The summed E-state index contributed by atoms with van der Waals surface area (Å²) in [5.41, 5.74) is 5.34. The molecule has 7 nitrogen and oxygen atoms in total. The normalized spacial score (nSPS) is 23.3. The highest BCUT2D eigenvalue weighted by Gasteiger charge is 2.41. The Hall–Kier alpha value is -2.05. The molecule has 2 bridgehead atoms. The Morgan fingerprint density at radius 2 is 1.93 bits per heavy atom. The minimum Gasteiger partial charge on any atom is -0.383 e. The number of nitrogen functional groups attached to an aromatic ring is 1. The average molecular weight is 391 g/mol. The summed E-state index contributed by atoms with van der Waals surface area (Å²) in [5.74, 6) is 1.91. The summed E-state index contributed by atoms with van der Waals surface area (Å²) in [5, 5.41) is 0. The molecule has 7 heteroatoms. The summed E-state index contributed by atoms with van der Waals surface area (Å²) >= 11 is 0. The van der Waals surface area contributed by atoms with E-state index in [2.05, 4.69) is 4.98 Å². The fourth-order valence-electron chi connectivity index (χ4n) is 5.01. The van der Waals surface area contributed by atoms with Gasteiger partial charge in [0.2, 0.25) is 5.91 Å². The molecule has 3 N–H and O–H groups in total. The number of nitrogens with zero attached hydrogens (tertiary/aromatic N) is 2. The van der Waals surface area contributed by atoms with Crippen LogP contribution in [0.2, 0.25) is 0 Å². The van der Waals surface area contributed by atoms with Gasteiger partial charge in [-0.25, -0.2) is 4.79 Å². The van der Waals surface area contributed by atoms with Crippen molar-refractivity contribution in [3.05, 3.63) is 20.8 Å². The predicted molar refractivity (Wildman–Crippen MR) is 111 cm³/mol. The van der Waals surface area contributed by atoms with E-state index in [4.69, 9.17) is 5.73 Å². The van der Waals surface area contributed by atoms with Crippen LogP contribution < -0.4 is 21.9 Å². The molecular weight excluding hydrogens is 356 g/mol. The lowest BCUT2D eigenvalue weighted by atomic mass is 9.86. The van der Waals surface area contributed by atoms with Crippen LogP contribution in [0.4, 0.5) is 11.5 Å². The van der Waals surface area contributed by atoms with Crippen LogP contribution in [0.15, 0.2) is 9.59 Å². The third-order valence-electron chi connectivity index (χ3n) is 6.58. The molecule has 3 rings (SSSR count). The Morgan fingerprint density at radius 3 is 2.54 bits per heavy atom. The van der Waals surface area contributed by atoms with E-state index < -0.39 is 11.2 Å². The van der Waals surface area contributed by atoms with Gasteiger partial charge in [0.25, 0.3) is 5.56 Å². The van der Waals surface area contributed by atoms with Crippen molar-refractivity contribution in [1.82, 2.24) is 9.55 Å². The molecule has 2 saturated carbocycles. The predicted octanol–water partition coefficient (Wildman–Crippen LogP) is 2.88. The lowest BCUT2D eigenvalue weighted by Crippen LogP contribution is -2.42. The van der Waals surface area contributed by atoms with Gasteiger partial charge in [0.1, 0.15) is 5.82 Å². The first kappa shape index (κ1) is 20.7. The quantitative estimate of drug-likeness (QED) is 0.677. The van der Waals surface area contributed by atoms with E-state index in [1.807, 2.05) is 13.8 Å². The van der Waals surface area contributed by atoms with Crippen LogP contribution in [0.25, 0.3) is 0 Å². The van der Waals surface area contributed by atoms with Crippen LogP contribution in [-0.4, -0.2) is 22.0 Å². The number of hydrogen-bond donors (Lipinski definition) is 2. The van der Waals surface area contributed by atoms with Crippen molar-refractivity contribution in [3.63, 3.8) is 0 Å². The molecule has 1 heterocycles. The van der Waals surface area contributed by atoms with Crippen molar-refractivity contribution < 1.29 is 4.79 Å². The lowest BCUT2D eigenvalue weighted by Gasteiger charge is -2.28. The van der Waals surface area contributed by atoms with Gasteiger partial charge in [-0.1, -0.05) is 33.1 Å². The molecule has 0 saturated heterocycles. The van der Waals surface area contributed by atoms with Crippen LogP contribution in [0, 0.1) is 17.8 Å². The van der Waals surface area contributed by atoms with Crippen LogP contribution in [0.3, 0.4) is 0 Å². The Morgan fingerprint density at radius 1 is 1.18 bits per heavy atom. The van der Waals surface area contributed by atoms with E-state index in [1.165, 1.54) is 23.8 Å². The number of hydrogen-bond acceptors (Lipinski definition) is 4. The van der Waals surface area contributed by atoms with E-state index >= 15 is 0 Å². The van der Waals surface area contributed by atoms with Gasteiger partial charge in [-0.3, -0.25) is 19.1 Å². The summed E-state index contributed by atoms with van der Waals surface area (Å²) in [6.07, 6.45) is 8.74. The minimum absolute atomic E-state index is 0.0381. The number of carbonyl (C=O) groups is 1. The SMILES string of the molecule is CCCCN(C(=O)CC1CC2CCC1C2)c1c(N)n(CCCC)c(=O)[nH]c1=O. The maximum Gasteiger partial charge on any atom is 0.330 e. The van der Waals surface area contributed by atoms with Crippen molar-refractivity contribution in [2.75, 3.05) is 17.2 Å². The number of carbonyl (C=O) groups excluding carboxylic acids is 1. The lowest BCUT2D eigenvalue weighted by molar-refractivity contribution is -0.119. The summed E-state index contributed by atoms with van der Waals surface area (Å²) in [4.78, 5) is 42.0. The Balaban J connectivity index is 1.89. The summed E-state index contributed by atoms with van der Waals surface area (Å²) in [6.45, 7) is 4.97. The highest BCUT2D eigenvalue weighted by atomic mass is 16.2. The molecule has 1 aromatic heterocycles. The van der Waals surface area contributed by atoms with Crippen molar-refractivity contribution >= 4 is 17.4 Å². The minimum atomic E-state index is -0.562. The molecule has 3 unspecified atom stereocenters. The van der Waals surface area contributed by atoms with Crippen molar-refractivity contribution in [1.29, 1.82) is 0 Å². The van der Waals surface area contributed by atoms with E-state index in [-0.39, 0.29) is 17.4 Å². The summed E-state index contributed by atoms with van der Waals surface area (Å²) < 4.78 is 1.39. The number of aromatic amines is 1. The molecule has 1 amide bonds. The standard InChI is InChI=1S/C21H34N4O3/c1-3-5-9-24(17(26)13-16-12-14-7-8-15(16)11-14)18-19(22)25(10-6-4-2)21(28)23-20(18)27/h14-16H,3-13,22H2,1-2H3,(H,23,27,28). The zero-order chi connectivity index (χ0) is 20.3. The van der Waals surface area contributed by atoms with E-state index in [1.54, 1.807) is 4.90 Å². The highest BCUT2D eigenvalue weighted by molar-refractivity contribution is 5.95. The Labute approximate surface area is 166 Å². The van der Waals surface area contributed by atoms with Gasteiger partial charge in [-0.15, -0.1) is 0 Å². The molecule has 0 aromatic carbocycles. The molecule has 156 valence electrons. The largest absolute Gasteiger partial charge is 0.383 e. The third-order valence-corrected chi connectivity index (χ3v) is 6.58. The number of nitrogens with two attached hydrogens (primary N) is 1. The van der Waals surface area contributed by atoms with Gasteiger partial charge in [0.05, 0.1) is 0 Å². The molecule has 2 aliphatic rings. The molecular formula is C21H34N4O3. The second kappa shape index (κ2) is 8.97. The first-order valence-electron chi connectivity index (χ1n) is 10.9. The zero-order valence-corrected chi connectivity index (χ0v) is 17.2. The number of unbranched alkanes of at least 4 members (excludes halogenated alkanes) is 2. The fraction of sp³-hybridized carbons (Fsp3) is 0.762. The average Bonchev–Trinajstić information content (AvgIpc) is 3.27. The van der Waals surface area contributed by atoms with Crippen LogP contribution in [0.5, 0.6) is 0 Å². The zero-order valence-electron chi connectivity index (χ0n) is 17.2. The Kier molecular flexibility index (Phi) is 6.62. The number of amides is 1. The number of rotatable bonds is 9. The second-order valence-electron chi connectivity index (χ2n) is 8.54. The molecule has 0 spiro atoms. The monoisotopic (exact) mass is 390 g/mol. The molecule has 3 atom stereocenters.